The van der Waals surface area contributed by atoms with Crippen LogP contribution in [0.1, 0.15) is 58.3 Å². The molecule has 0 aromatic heterocycles. The fourth-order valence-corrected chi connectivity index (χ4v) is 2.63. The third-order valence-corrected chi connectivity index (χ3v) is 3.46. The van der Waals surface area contributed by atoms with Gasteiger partial charge >= 0.3 is 0 Å². The Morgan fingerprint density at radius 2 is 1.77 bits per heavy atom. The van der Waals surface area contributed by atoms with Crippen molar-refractivity contribution in [3.63, 3.8) is 0 Å². The first-order chi connectivity index (χ1) is 6.38. The Hall–Kier alpha value is -0.0400. The molecule has 0 saturated heterocycles. The third-order valence-electron chi connectivity index (χ3n) is 3.46. The molecule has 0 spiro atoms. The minimum Gasteiger partial charge on any atom is -0.396 e. The van der Waals surface area contributed by atoms with Crippen LogP contribution in [0, 0.1) is 11.8 Å². The Balaban J connectivity index is 2.35. The van der Waals surface area contributed by atoms with Gasteiger partial charge in [0.1, 0.15) is 0 Å². The second kappa shape index (κ2) is 6.42. The standard InChI is InChI=1S/C12H24O/c1-2-7-12(10-13)11-8-5-3-4-6-9-11/h11-13H,2-10H2,1H3. The maximum atomic E-state index is 9.30. The molecule has 0 bridgehead atoms. The fraction of sp³-hybridized carbons (Fsp3) is 1.00. The van der Waals surface area contributed by atoms with Crippen LogP contribution in [0.2, 0.25) is 0 Å². The Morgan fingerprint density at radius 1 is 1.15 bits per heavy atom. The summed E-state index contributed by atoms with van der Waals surface area (Å²) in [6, 6.07) is 0. The van der Waals surface area contributed by atoms with Crippen LogP contribution in [0.3, 0.4) is 0 Å². The second-order valence-corrected chi connectivity index (χ2v) is 4.48. The fourth-order valence-electron chi connectivity index (χ4n) is 2.63. The molecule has 1 aliphatic carbocycles. The van der Waals surface area contributed by atoms with E-state index in [1.807, 2.05) is 0 Å². The van der Waals surface area contributed by atoms with Crippen molar-refractivity contribution in [2.24, 2.45) is 11.8 Å². The first-order valence-electron chi connectivity index (χ1n) is 5.99. The smallest absolute Gasteiger partial charge is 0.0461 e. The van der Waals surface area contributed by atoms with Gasteiger partial charge in [0.2, 0.25) is 0 Å². The molecular formula is C12H24O. The maximum absolute atomic E-state index is 9.30. The van der Waals surface area contributed by atoms with E-state index < -0.39 is 0 Å². The minimum atomic E-state index is 0.415. The van der Waals surface area contributed by atoms with Crippen molar-refractivity contribution in [3.05, 3.63) is 0 Å². The summed E-state index contributed by atoms with van der Waals surface area (Å²) in [5, 5.41) is 9.30. The summed E-state index contributed by atoms with van der Waals surface area (Å²) in [5.74, 6) is 1.43. The van der Waals surface area contributed by atoms with E-state index in [-0.39, 0.29) is 0 Å². The molecule has 0 heterocycles. The maximum Gasteiger partial charge on any atom is 0.0461 e. The van der Waals surface area contributed by atoms with Crippen molar-refractivity contribution in [1.29, 1.82) is 0 Å². The van der Waals surface area contributed by atoms with E-state index in [1.54, 1.807) is 0 Å². The van der Waals surface area contributed by atoms with Gasteiger partial charge in [0, 0.05) is 6.61 Å². The summed E-state index contributed by atoms with van der Waals surface area (Å²) in [7, 11) is 0. The molecule has 0 amide bonds. The summed E-state index contributed by atoms with van der Waals surface area (Å²) >= 11 is 0. The van der Waals surface area contributed by atoms with E-state index in [9.17, 15) is 5.11 Å². The highest BCUT2D eigenvalue weighted by Gasteiger charge is 2.20. The van der Waals surface area contributed by atoms with E-state index in [2.05, 4.69) is 6.92 Å². The second-order valence-electron chi connectivity index (χ2n) is 4.48. The highest BCUT2D eigenvalue weighted by Crippen LogP contribution is 2.31. The van der Waals surface area contributed by atoms with E-state index in [4.69, 9.17) is 0 Å². The molecule has 0 aromatic rings. The van der Waals surface area contributed by atoms with Crippen molar-refractivity contribution in [2.45, 2.75) is 58.3 Å². The molecule has 1 heteroatoms. The highest BCUT2D eigenvalue weighted by molar-refractivity contribution is 4.72. The van der Waals surface area contributed by atoms with Crippen LogP contribution in [0.4, 0.5) is 0 Å². The molecule has 1 fully saturated rings. The zero-order valence-electron chi connectivity index (χ0n) is 8.97. The number of aliphatic hydroxyl groups is 1. The Morgan fingerprint density at radius 3 is 2.23 bits per heavy atom. The van der Waals surface area contributed by atoms with Gasteiger partial charge in [0.15, 0.2) is 0 Å². The highest BCUT2D eigenvalue weighted by atomic mass is 16.3. The van der Waals surface area contributed by atoms with Crippen molar-refractivity contribution < 1.29 is 5.11 Å². The van der Waals surface area contributed by atoms with E-state index in [0.29, 0.717) is 12.5 Å². The molecule has 0 radical (unpaired) electrons. The molecule has 1 nitrogen and oxygen atoms in total. The van der Waals surface area contributed by atoms with Crippen LogP contribution in [-0.2, 0) is 0 Å². The van der Waals surface area contributed by atoms with Crippen LogP contribution in [0.25, 0.3) is 0 Å². The van der Waals surface area contributed by atoms with Crippen LogP contribution in [0.15, 0.2) is 0 Å². The lowest BCUT2D eigenvalue weighted by Crippen LogP contribution is -2.18. The molecule has 0 aromatic carbocycles. The van der Waals surface area contributed by atoms with Gasteiger partial charge in [0.25, 0.3) is 0 Å². The molecule has 1 atom stereocenters. The Labute approximate surface area is 82.5 Å². The summed E-state index contributed by atoms with van der Waals surface area (Å²) in [4.78, 5) is 0. The molecule has 1 unspecified atom stereocenters. The van der Waals surface area contributed by atoms with Gasteiger partial charge in [0.05, 0.1) is 0 Å². The van der Waals surface area contributed by atoms with Crippen LogP contribution in [-0.4, -0.2) is 11.7 Å². The predicted octanol–water partition coefficient (Wildman–Crippen LogP) is 3.37. The predicted molar refractivity (Wildman–Crippen MR) is 56.7 cm³/mol. The number of rotatable bonds is 4. The molecule has 1 aliphatic rings. The van der Waals surface area contributed by atoms with E-state index >= 15 is 0 Å². The summed E-state index contributed by atoms with van der Waals surface area (Å²) in [6.07, 6.45) is 10.8. The van der Waals surface area contributed by atoms with Gasteiger partial charge in [-0.25, -0.2) is 0 Å². The molecule has 0 aliphatic heterocycles. The van der Waals surface area contributed by atoms with Gasteiger partial charge in [-0.1, -0.05) is 51.9 Å². The largest absolute Gasteiger partial charge is 0.396 e. The quantitative estimate of drug-likeness (QED) is 0.664. The van der Waals surface area contributed by atoms with Crippen LogP contribution >= 0.6 is 0 Å². The van der Waals surface area contributed by atoms with Gasteiger partial charge in [-0.15, -0.1) is 0 Å². The van der Waals surface area contributed by atoms with E-state index in [0.717, 1.165) is 5.92 Å². The molecule has 1 rings (SSSR count). The monoisotopic (exact) mass is 184 g/mol. The van der Waals surface area contributed by atoms with Crippen LogP contribution < -0.4 is 0 Å². The number of hydrogen-bond donors (Lipinski definition) is 1. The van der Waals surface area contributed by atoms with Crippen molar-refractivity contribution >= 4 is 0 Å². The lowest BCUT2D eigenvalue weighted by atomic mass is 9.84. The van der Waals surface area contributed by atoms with Gasteiger partial charge in [-0.05, 0) is 18.3 Å². The Kier molecular flexibility index (Phi) is 5.45. The van der Waals surface area contributed by atoms with Gasteiger partial charge in [-0.3, -0.25) is 0 Å². The molecular weight excluding hydrogens is 160 g/mol. The number of hydrogen-bond acceptors (Lipinski definition) is 1. The van der Waals surface area contributed by atoms with Crippen molar-refractivity contribution in [2.75, 3.05) is 6.61 Å². The first-order valence-corrected chi connectivity index (χ1v) is 5.99. The SMILES string of the molecule is CCCC(CO)C1CCCCCC1. The zero-order valence-corrected chi connectivity index (χ0v) is 8.97. The average Bonchev–Trinajstić information content (AvgIpc) is 2.42. The third kappa shape index (κ3) is 3.68. The molecule has 13 heavy (non-hydrogen) atoms. The van der Waals surface area contributed by atoms with Gasteiger partial charge in [-0.2, -0.15) is 0 Å². The summed E-state index contributed by atoms with van der Waals surface area (Å²) < 4.78 is 0. The molecule has 78 valence electrons. The van der Waals surface area contributed by atoms with E-state index in [1.165, 1.54) is 51.4 Å². The summed E-state index contributed by atoms with van der Waals surface area (Å²) in [5.41, 5.74) is 0. The minimum absolute atomic E-state index is 0.415. The topological polar surface area (TPSA) is 20.2 Å². The normalized spacial score (nSPS) is 22.6. The van der Waals surface area contributed by atoms with Crippen molar-refractivity contribution in [1.82, 2.24) is 0 Å². The summed E-state index contributed by atoms with van der Waals surface area (Å²) in [6.45, 7) is 2.64. The molecule has 1 saturated carbocycles. The van der Waals surface area contributed by atoms with Crippen molar-refractivity contribution in [3.8, 4) is 0 Å². The number of aliphatic hydroxyl groups excluding tert-OH is 1. The van der Waals surface area contributed by atoms with Gasteiger partial charge < -0.3 is 5.11 Å². The Bertz CT molecular complexity index is 114. The zero-order chi connectivity index (χ0) is 9.52. The molecule has 1 N–H and O–H groups in total. The average molecular weight is 184 g/mol. The lowest BCUT2D eigenvalue weighted by Gasteiger charge is -2.23. The lowest BCUT2D eigenvalue weighted by molar-refractivity contribution is 0.155. The van der Waals surface area contributed by atoms with Crippen LogP contribution in [0.5, 0.6) is 0 Å². The first kappa shape index (κ1) is 11.0.